The smallest absolute Gasteiger partial charge is 0.247 e. The average molecular weight is 306 g/mol. The predicted octanol–water partition coefficient (Wildman–Crippen LogP) is 1.46. The molecule has 18 heavy (non-hydrogen) atoms. The summed E-state index contributed by atoms with van der Waals surface area (Å²) in [6.07, 6.45) is 1.80. The van der Waals surface area contributed by atoms with Gasteiger partial charge in [-0.05, 0) is 37.9 Å². The molecular weight excluding hydrogens is 292 g/mol. The first-order valence-corrected chi connectivity index (χ1v) is 8.42. The lowest BCUT2D eigenvalue weighted by atomic mass is 10.2. The minimum atomic E-state index is -3.66. The number of fused-ring (bicyclic) bond motifs is 1. The van der Waals surface area contributed by atoms with E-state index in [2.05, 4.69) is 0 Å². The summed E-state index contributed by atoms with van der Waals surface area (Å²) in [7, 11) is -3.66. The highest BCUT2D eigenvalue weighted by molar-refractivity contribution is 7.99. The number of rotatable bonds is 3. The first-order chi connectivity index (χ1) is 8.32. The maximum Gasteiger partial charge on any atom is 0.247 e. The number of nitrogens with two attached hydrogens (primary N) is 1. The third kappa shape index (κ3) is 2.57. The number of hydrogen-bond acceptors (Lipinski definition) is 6. The van der Waals surface area contributed by atoms with Crippen LogP contribution in [0, 0.1) is 0 Å². The van der Waals surface area contributed by atoms with Crippen LogP contribution in [0.25, 0.3) is 6.08 Å². The highest BCUT2D eigenvalue weighted by atomic mass is 32.3. The number of aliphatic hydroxyl groups excluding tert-OH is 1. The van der Waals surface area contributed by atoms with Crippen molar-refractivity contribution in [1.82, 2.24) is 4.31 Å². The molecule has 0 aromatic carbocycles. The van der Waals surface area contributed by atoms with Gasteiger partial charge in [0.2, 0.25) is 10.0 Å². The summed E-state index contributed by atoms with van der Waals surface area (Å²) >= 11 is 2.60. The first-order valence-electron chi connectivity index (χ1n) is 5.28. The Labute approximate surface area is 114 Å². The van der Waals surface area contributed by atoms with Crippen molar-refractivity contribution in [2.45, 2.75) is 28.3 Å². The van der Waals surface area contributed by atoms with Crippen LogP contribution in [0.15, 0.2) is 20.2 Å². The summed E-state index contributed by atoms with van der Waals surface area (Å²) < 4.78 is 25.6. The molecule has 3 N–H and O–H groups in total. The molecule has 0 fully saturated rings. The van der Waals surface area contributed by atoms with E-state index in [1.54, 1.807) is 12.1 Å². The molecule has 2 heterocycles. The van der Waals surface area contributed by atoms with E-state index in [0.29, 0.717) is 0 Å². The molecule has 0 saturated carbocycles. The van der Waals surface area contributed by atoms with Crippen molar-refractivity contribution in [2.75, 3.05) is 6.61 Å². The van der Waals surface area contributed by atoms with Crippen LogP contribution in [0.2, 0.25) is 0 Å². The van der Waals surface area contributed by atoms with Gasteiger partial charge in [0.15, 0.2) is 0 Å². The van der Waals surface area contributed by atoms with Crippen LogP contribution in [-0.4, -0.2) is 30.5 Å². The van der Waals surface area contributed by atoms with E-state index in [-0.39, 0.29) is 16.9 Å². The molecule has 0 atom stereocenters. The van der Waals surface area contributed by atoms with Gasteiger partial charge in [0.25, 0.3) is 0 Å². The second kappa shape index (κ2) is 4.86. The molecule has 0 radical (unpaired) electrons. The Kier molecular flexibility index (Phi) is 3.75. The molecule has 100 valence electrons. The van der Waals surface area contributed by atoms with Crippen LogP contribution in [0.1, 0.15) is 19.4 Å². The van der Waals surface area contributed by atoms with E-state index in [1.807, 2.05) is 18.2 Å². The van der Waals surface area contributed by atoms with E-state index < -0.39 is 10.0 Å². The molecule has 0 bridgehead atoms. The third-order valence-corrected chi connectivity index (χ3v) is 6.49. The van der Waals surface area contributed by atoms with Crippen molar-refractivity contribution in [1.29, 1.82) is 0 Å². The molecule has 1 aromatic rings. The highest BCUT2D eigenvalue weighted by Gasteiger charge is 2.25. The summed E-state index contributed by atoms with van der Waals surface area (Å²) in [5, 5.41) is 14.5. The Balaban J connectivity index is 2.46. The van der Waals surface area contributed by atoms with Gasteiger partial charge in [0.1, 0.15) is 4.21 Å². The lowest BCUT2D eigenvalue weighted by Gasteiger charge is -2.31. The van der Waals surface area contributed by atoms with Crippen LogP contribution < -0.4 is 5.14 Å². The molecule has 0 unspecified atom stereocenters. The predicted molar refractivity (Wildman–Crippen MR) is 73.6 cm³/mol. The molecule has 1 aliphatic heterocycles. The number of thiophene rings is 1. The minimum absolute atomic E-state index is 0.0782. The second-order valence-electron chi connectivity index (χ2n) is 4.16. The minimum Gasteiger partial charge on any atom is -0.390 e. The van der Waals surface area contributed by atoms with Crippen LogP contribution in [0.5, 0.6) is 0 Å². The molecule has 0 aliphatic carbocycles. The summed E-state index contributed by atoms with van der Waals surface area (Å²) in [6.45, 7) is 3.94. The maximum absolute atomic E-state index is 11.3. The normalized spacial score (nSPS) is 15.8. The van der Waals surface area contributed by atoms with Gasteiger partial charge in [-0.2, -0.15) is 0 Å². The van der Waals surface area contributed by atoms with Crippen LogP contribution in [-0.2, 0) is 10.0 Å². The maximum atomic E-state index is 11.3. The van der Waals surface area contributed by atoms with E-state index in [4.69, 9.17) is 5.14 Å². The third-order valence-electron chi connectivity index (χ3n) is 2.40. The number of hydrogen-bond donors (Lipinski definition) is 2. The monoisotopic (exact) mass is 306 g/mol. The van der Waals surface area contributed by atoms with Gasteiger partial charge in [0, 0.05) is 11.6 Å². The number of primary sulfonamides is 1. The quantitative estimate of drug-likeness (QED) is 0.826. The molecule has 2 rings (SSSR count). The van der Waals surface area contributed by atoms with Gasteiger partial charge >= 0.3 is 0 Å². The zero-order valence-corrected chi connectivity index (χ0v) is 12.4. The standard InChI is InChI=1S/C10H14N2O3S3/c1-6(2)12-8(5-13)3-7-4-9(18(11,14)15)16-10(7)17-12/h3-4,6,13H,5H2,1-2H3,(H2,11,14,15). The largest absolute Gasteiger partial charge is 0.390 e. The molecule has 1 aliphatic rings. The number of aliphatic hydroxyl groups is 1. The molecular formula is C10H14N2O3S3. The summed E-state index contributed by atoms with van der Waals surface area (Å²) in [5.74, 6) is 0. The Bertz CT molecular complexity index is 590. The van der Waals surface area contributed by atoms with E-state index in [1.165, 1.54) is 11.9 Å². The molecule has 1 aromatic heterocycles. The Hall–Kier alpha value is -0.540. The van der Waals surface area contributed by atoms with E-state index in [9.17, 15) is 13.5 Å². The number of nitrogens with zero attached hydrogens (tertiary/aromatic N) is 1. The summed E-state index contributed by atoms with van der Waals surface area (Å²) in [4.78, 5) is 0. The average Bonchev–Trinajstić information content (AvgIpc) is 2.69. The molecule has 0 amide bonds. The topological polar surface area (TPSA) is 83.6 Å². The van der Waals surface area contributed by atoms with Crippen molar-refractivity contribution in [3.63, 3.8) is 0 Å². The van der Waals surface area contributed by atoms with Gasteiger partial charge in [0.05, 0.1) is 16.5 Å². The molecule has 5 nitrogen and oxygen atoms in total. The fraction of sp³-hybridized carbons (Fsp3) is 0.400. The number of sulfonamides is 1. The van der Waals surface area contributed by atoms with Gasteiger partial charge in [-0.25, -0.2) is 13.6 Å². The highest BCUT2D eigenvalue weighted by Crippen LogP contribution is 2.43. The van der Waals surface area contributed by atoms with Crippen molar-refractivity contribution in [3.05, 3.63) is 17.3 Å². The zero-order chi connectivity index (χ0) is 13.5. The van der Waals surface area contributed by atoms with Crippen LogP contribution in [0.4, 0.5) is 0 Å². The lowest BCUT2D eigenvalue weighted by molar-refractivity contribution is 0.293. The fourth-order valence-electron chi connectivity index (χ4n) is 1.62. The van der Waals surface area contributed by atoms with Gasteiger partial charge in [-0.1, -0.05) is 0 Å². The van der Waals surface area contributed by atoms with Crippen molar-refractivity contribution >= 4 is 39.4 Å². The van der Waals surface area contributed by atoms with Gasteiger partial charge in [-0.15, -0.1) is 11.3 Å². The lowest BCUT2D eigenvalue weighted by Crippen LogP contribution is -2.26. The molecule has 8 heteroatoms. The second-order valence-corrected chi connectivity index (χ2v) is 8.24. The summed E-state index contributed by atoms with van der Waals surface area (Å²) in [6, 6.07) is 1.76. The van der Waals surface area contributed by atoms with Crippen molar-refractivity contribution in [3.8, 4) is 0 Å². The van der Waals surface area contributed by atoms with E-state index in [0.717, 1.165) is 26.8 Å². The first kappa shape index (κ1) is 13.9. The Morgan fingerprint density at radius 3 is 2.67 bits per heavy atom. The van der Waals surface area contributed by atoms with Gasteiger partial charge < -0.3 is 9.41 Å². The van der Waals surface area contributed by atoms with Crippen LogP contribution >= 0.6 is 23.3 Å². The summed E-state index contributed by atoms with van der Waals surface area (Å²) in [5.41, 5.74) is 1.57. The fourth-order valence-corrected chi connectivity index (χ4v) is 4.89. The van der Waals surface area contributed by atoms with E-state index >= 15 is 0 Å². The van der Waals surface area contributed by atoms with Crippen molar-refractivity contribution in [2.24, 2.45) is 5.14 Å². The van der Waals surface area contributed by atoms with Crippen molar-refractivity contribution < 1.29 is 13.5 Å². The molecule has 0 spiro atoms. The SMILES string of the molecule is CC(C)N1Sc2sc(S(N)(=O)=O)cc2C=C1CO. The van der Waals surface area contributed by atoms with Gasteiger partial charge in [-0.3, -0.25) is 0 Å². The Morgan fingerprint density at radius 2 is 2.17 bits per heavy atom. The Morgan fingerprint density at radius 1 is 1.50 bits per heavy atom. The zero-order valence-electron chi connectivity index (χ0n) is 9.95. The molecule has 0 saturated heterocycles. The van der Waals surface area contributed by atoms with Crippen LogP contribution in [0.3, 0.4) is 0 Å².